The summed E-state index contributed by atoms with van der Waals surface area (Å²) < 4.78 is 6.06. The van der Waals surface area contributed by atoms with Crippen molar-refractivity contribution in [1.29, 1.82) is 0 Å². The van der Waals surface area contributed by atoms with Gasteiger partial charge in [0.05, 0.1) is 5.69 Å². The molecule has 0 saturated carbocycles. The predicted octanol–water partition coefficient (Wildman–Crippen LogP) is 6.03. The second kappa shape index (κ2) is 6.05. The summed E-state index contributed by atoms with van der Waals surface area (Å²) in [4.78, 5) is 10.1. The van der Waals surface area contributed by atoms with Gasteiger partial charge in [0.25, 0.3) is 0 Å². The van der Waals surface area contributed by atoms with Crippen LogP contribution in [-0.4, -0.2) is 9.97 Å². The summed E-state index contributed by atoms with van der Waals surface area (Å²) in [6, 6.07) is 14.3. The fourth-order valence-electron chi connectivity index (χ4n) is 2.96. The first kappa shape index (κ1) is 15.9. The van der Waals surface area contributed by atoms with Gasteiger partial charge in [-0.1, -0.05) is 18.2 Å². The number of rotatable bonds is 2. The summed E-state index contributed by atoms with van der Waals surface area (Å²) in [7, 11) is 0. The van der Waals surface area contributed by atoms with Gasteiger partial charge in [-0.3, -0.25) is 4.98 Å². The van der Waals surface area contributed by atoms with Crippen molar-refractivity contribution in [2.45, 2.75) is 20.8 Å². The van der Waals surface area contributed by atoms with Crippen LogP contribution in [0.1, 0.15) is 25.1 Å². The minimum atomic E-state index is 0.670. The number of fused-ring (bicyclic) bond motifs is 3. The fourth-order valence-corrected chi connectivity index (χ4v) is 3.09. The van der Waals surface area contributed by atoms with Crippen molar-refractivity contribution in [3.8, 4) is 11.3 Å². The van der Waals surface area contributed by atoms with Gasteiger partial charge in [-0.25, -0.2) is 4.98 Å². The molecule has 3 nitrogen and oxygen atoms in total. The molecule has 0 aliphatic heterocycles. The van der Waals surface area contributed by atoms with Gasteiger partial charge in [0.15, 0.2) is 0 Å². The highest BCUT2D eigenvalue weighted by Gasteiger charge is 2.13. The van der Waals surface area contributed by atoms with Crippen LogP contribution in [0.2, 0.25) is 0 Å². The van der Waals surface area contributed by atoms with Gasteiger partial charge in [-0.15, -0.1) is 12.6 Å². The highest BCUT2D eigenvalue weighted by molar-refractivity contribution is 7.84. The van der Waals surface area contributed by atoms with Gasteiger partial charge in [0, 0.05) is 28.2 Å². The summed E-state index contributed by atoms with van der Waals surface area (Å²) in [5.41, 5.74) is 6.50. The van der Waals surface area contributed by atoms with E-state index in [9.17, 15) is 0 Å². The lowest BCUT2D eigenvalue weighted by Crippen LogP contribution is -1.87. The smallest absolute Gasteiger partial charge is 0.227 e. The Bertz CT molecular complexity index is 1120. The normalized spacial score (nSPS) is 12.6. The van der Waals surface area contributed by atoms with E-state index in [1.54, 1.807) is 0 Å². The van der Waals surface area contributed by atoms with Gasteiger partial charge in [0.1, 0.15) is 5.58 Å². The molecule has 4 rings (SSSR count). The largest absolute Gasteiger partial charge is 0.437 e. The molecule has 25 heavy (non-hydrogen) atoms. The summed E-state index contributed by atoms with van der Waals surface area (Å²) in [5.74, 6) is 0. The lowest BCUT2D eigenvalue weighted by atomic mass is 10.0. The lowest BCUT2D eigenvalue weighted by Gasteiger charge is -2.06. The van der Waals surface area contributed by atoms with Crippen LogP contribution < -0.4 is 0 Å². The Hall–Kier alpha value is -2.59. The topological polar surface area (TPSA) is 38.9 Å². The van der Waals surface area contributed by atoms with E-state index in [1.165, 1.54) is 0 Å². The molecule has 3 aromatic heterocycles. The van der Waals surface area contributed by atoms with Crippen LogP contribution in [0.5, 0.6) is 0 Å². The lowest BCUT2D eigenvalue weighted by molar-refractivity contribution is 0.653. The second-order valence-electron chi connectivity index (χ2n) is 6.23. The number of pyridine rings is 2. The Labute approximate surface area is 151 Å². The van der Waals surface area contributed by atoms with Crippen LogP contribution in [0, 0.1) is 6.92 Å². The molecule has 0 amide bonds. The first-order chi connectivity index (χ1) is 12.0. The number of benzene rings is 1. The zero-order chi connectivity index (χ0) is 17.6. The van der Waals surface area contributed by atoms with Gasteiger partial charge in [-0.2, -0.15) is 0 Å². The van der Waals surface area contributed by atoms with E-state index in [0.29, 0.717) is 5.71 Å². The molecule has 0 bridgehead atoms. The Balaban J connectivity index is 1.89. The molecule has 0 radical (unpaired) electrons. The molecule has 0 aliphatic carbocycles. The van der Waals surface area contributed by atoms with Gasteiger partial charge in [-0.05, 0) is 61.1 Å². The van der Waals surface area contributed by atoms with E-state index in [-0.39, 0.29) is 0 Å². The Morgan fingerprint density at radius 3 is 2.56 bits per heavy atom. The molecule has 0 aliphatic rings. The fraction of sp³-hybridized carbons (Fsp3) is 0.143. The van der Waals surface area contributed by atoms with Crippen LogP contribution in [0.15, 0.2) is 58.0 Å². The summed E-state index contributed by atoms with van der Waals surface area (Å²) >= 11 is 4.42. The van der Waals surface area contributed by atoms with Crippen molar-refractivity contribution < 1.29 is 4.42 Å². The highest BCUT2D eigenvalue weighted by atomic mass is 32.1. The van der Waals surface area contributed by atoms with E-state index < -0.39 is 0 Å². The van der Waals surface area contributed by atoms with Crippen molar-refractivity contribution in [3.05, 3.63) is 64.8 Å². The first-order valence-electron chi connectivity index (χ1n) is 8.16. The summed E-state index contributed by atoms with van der Waals surface area (Å²) in [5, 5.41) is 2.09. The Morgan fingerprint density at radius 1 is 1.00 bits per heavy atom. The molecule has 4 aromatic rings. The molecular weight excluding hydrogens is 328 g/mol. The molecule has 1 aromatic carbocycles. The molecule has 0 N–H and O–H groups in total. The standard InChI is InChI=1S/C21H18N2OS/c1-12-7-9-17-16-5-4-6-18(20(16)24-21(17)23-12)19-10-8-15(11-22-19)13(2)14(3)25/h4-11,25H,1-3H3/b14-13-. The van der Waals surface area contributed by atoms with Crippen LogP contribution in [0.4, 0.5) is 0 Å². The quantitative estimate of drug-likeness (QED) is 0.450. The van der Waals surface area contributed by atoms with Gasteiger partial charge >= 0.3 is 0 Å². The Morgan fingerprint density at radius 2 is 1.84 bits per heavy atom. The monoisotopic (exact) mass is 346 g/mol. The molecule has 0 unspecified atom stereocenters. The third-order valence-electron chi connectivity index (χ3n) is 4.52. The molecular formula is C21H18N2OS. The number of hydrogen-bond acceptors (Lipinski definition) is 4. The third kappa shape index (κ3) is 2.72. The van der Waals surface area contributed by atoms with Crippen molar-refractivity contribution in [2.24, 2.45) is 0 Å². The summed E-state index contributed by atoms with van der Waals surface area (Å²) in [6.45, 7) is 6.00. The zero-order valence-corrected chi connectivity index (χ0v) is 15.3. The van der Waals surface area contributed by atoms with Gasteiger partial charge in [0.2, 0.25) is 5.71 Å². The maximum absolute atomic E-state index is 6.06. The minimum absolute atomic E-state index is 0.670. The molecule has 0 saturated heterocycles. The SMILES string of the molecule is C/C(S)=C(\C)c1ccc(-c2cccc3c2oc2nc(C)ccc23)nc1. The zero-order valence-electron chi connectivity index (χ0n) is 14.4. The van der Waals surface area contributed by atoms with E-state index in [2.05, 4.69) is 40.8 Å². The average Bonchev–Trinajstić information content (AvgIpc) is 2.98. The molecule has 3 heterocycles. The number of thiol groups is 1. The number of hydrogen-bond donors (Lipinski definition) is 1. The number of furan rings is 1. The van der Waals surface area contributed by atoms with Crippen LogP contribution >= 0.6 is 12.6 Å². The molecule has 0 spiro atoms. The maximum atomic E-state index is 6.06. The summed E-state index contributed by atoms with van der Waals surface area (Å²) in [6.07, 6.45) is 1.88. The van der Waals surface area contributed by atoms with E-state index >= 15 is 0 Å². The number of nitrogens with zero attached hydrogens (tertiary/aromatic N) is 2. The number of aryl methyl sites for hydroxylation is 1. The van der Waals surface area contributed by atoms with Crippen molar-refractivity contribution in [3.63, 3.8) is 0 Å². The van der Waals surface area contributed by atoms with Crippen LogP contribution in [-0.2, 0) is 0 Å². The maximum Gasteiger partial charge on any atom is 0.227 e. The highest BCUT2D eigenvalue weighted by Crippen LogP contribution is 2.34. The molecule has 0 atom stereocenters. The van der Waals surface area contributed by atoms with Crippen LogP contribution in [0.25, 0.3) is 38.9 Å². The second-order valence-corrected chi connectivity index (χ2v) is 6.90. The number of allylic oxidation sites excluding steroid dienone is 2. The number of para-hydroxylation sites is 1. The Kier molecular flexibility index (Phi) is 3.85. The van der Waals surface area contributed by atoms with E-state index in [1.807, 2.05) is 51.2 Å². The third-order valence-corrected chi connectivity index (χ3v) is 4.85. The minimum Gasteiger partial charge on any atom is -0.437 e. The molecule has 0 fully saturated rings. The first-order valence-corrected chi connectivity index (χ1v) is 8.61. The van der Waals surface area contributed by atoms with Crippen molar-refractivity contribution in [2.75, 3.05) is 0 Å². The predicted molar refractivity (Wildman–Crippen MR) is 107 cm³/mol. The van der Waals surface area contributed by atoms with E-state index in [0.717, 1.165) is 49.3 Å². The van der Waals surface area contributed by atoms with Crippen molar-refractivity contribution in [1.82, 2.24) is 9.97 Å². The van der Waals surface area contributed by atoms with Gasteiger partial charge < -0.3 is 4.42 Å². The number of aromatic nitrogens is 2. The van der Waals surface area contributed by atoms with Crippen LogP contribution in [0.3, 0.4) is 0 Å². The average molecular weight is 346 g/mol. The molecule has 124 valence electrons. The van der Waals surface area contributed by atoms with E-state index in [4.69, 9.17) is 4.42 Å². The molecule has 4 heteroatoms. The van der Waals surface area contributed by atoms with Crippen molar-refractivity contribution >= 4 is 40.3 Å².